The van der Waals surface area contributed by atoms with Gasteiger partial charge in [-0.1, -0.05) is 29.3 Å². The minimum absolute atomic E-state index is 0.0418. The third kappa shape index (κ3) is 4.86. The summed E-state index contributed by atoms with van der Waals surface area (Å²) in [5, 5.41) is 2.88. The Morgan fingerprint density at radius 2 is 2.00 bits per heavy atom. The average molecular weight is 406 g/mol. The van der Waals surface area contributed by atoms with E-state index in [0.717, 1.165) is 16.9 Å². The van der Waals surface area contributed by atoms with E-state index in [9.17, 15) is 9.59 Å². The lowest BCUT2D eigenvalue weighted by molar-refractivity contribution is -0.124. The SMILES string of the molecule is Cc1ccc(OCCNC(=O)COC(=O)c2cc(Cl)c3c(c2)OCO3)c(C)c1. The van der Waals surface area contributed by atoms with Crippen LogP contribution in [0.4, 0.5) is 0 Å². The highest BCUT2D eigenvalue weighted by Crippen LogP contribution is 2.39. The van der Waals surface area contributed by atoms with E-state index in [1.807, 2.05) is 32.0 Å². The van der Waals surface area contributed by atoms with Gasteiger partial charge in [-0.2, -0.15) is 0 Å². The lowest BCUT2D eigenvalue weighted by atomic mass is 10.1. The van der Waals surface area contributed by atoms with Gasteiger partial charge in [0.25, 0.3) is 5.91 Å². The van der Waals surface area contributed by atoms with E-state index >= 15 is 0 Å². The van der Waals surface area contributed by atoms with Crippen LogP contribution in [-0.4, -0.2) is 38.4 Å². The summed E-state index contributed by atoms with van der Waals surface area (Å²) < 4.78 is 21.0. The number of aryl methyl sites for hydroxylation is 2. The van der Waals surface area contributed by atoms with Gasteiger partial charge in [0.2, 0.25) is 6.79 Å². The van der Waals surface area contributed by atoms with E-state index < -0.39 is 18.5 Å². The summed E-state index contributed by atoms with van der Waals surface area (Å²) >= 11 is 6.03. The number of benzene rings is 2. The van der Waals surface area contributed by atoms with Crippen LogP contribution in [0.3, 0.4) is 0 Å². The highest BCUT2D eigenvalue weighted by atomic mass is 35.5. The first-order valence-corrected chi connectivity index (χ1v) is 9.05. The summed E-state index contributed by atoms with van der Waals surface area (Å²) in [5.74, 6) is 0.421. The number of rotatable bonds is 7. The Labute approximate surface area is 167 Å². The van der Waals surface area contributed by atoms with Crippen molar-refractivity contribution in [1.82, 2.24) is 5.32 Å². The molecule has 7 nitrogen and oxygen atoms in total. The highest BCUT2D eigenvalue weighted by molar-refractivity contribution is 6.32. The molecule has 0 saturated carbocycles. The second-order valence-electron chi connectivity index (χ2n) is 6.24. The molecular formula is C20H20ClNO6. The quantitative estimate of drug-likeness (QED) is 0.563. The standard InChI is InChI=1S/C20H20ClNO6/c1-12-3-4-16(13(2)7-12)25-6-5-22-18(23)10-26-20(24)14-8-15(21)19-17(9-14)27-11-28-19/h3-4,7-9H,5-6,10-11H2,1-2H3,(H,22,23). The lowest BCUT2D eigenvalue weighted by Gasteiger charge is -2.11. The van der Waals surface area contributed by atoms with Crippen molar-refractivity contribution in [3.05, 3.63) is 52.0 Å². The van der Waals surface area contributed by atoms with Gasteiger partial charge < -0.3 is 24.3 Å². The molecule has 1 aliphatic rings. The predicted molar refractivity (Wildman–Crippen MR) is 102 cm³/mol. The maximum Gasteiger partial charge on any atom is 0.338 e. The minimum Gasteiger partial charge on any atom is -0.491 e. The molecule has 2 aromatic carbocycles. The number of nitrogens with one attached hydrogen (secondary N) is 1. The van der Waals surface area contributed by atoms with Crippen LogP contribution in [0.25, 0.3) is 0 Å². The van der Waals surface area contributed by atoms with Gasteiger partial charge in [-0.05, 0) is 37.6 Å². The van der Waals surface area contributed by atoms with Crippen molar-refractivity contribution in [2.45, 2.75) is 13.8 Å². The van der Waals surface area contributed by atoms with E-state index in [4.69, 9.17) is 30.5 Å². The van der Waals surface area contributed by atoms with Crippen LogP contribution < -0.4 is 19.5 Å². The fourth-order valence-electron chi connectivity index (χ4n) is 2.66. The molecule has 1 heterocycles. The number of hydrogen-bond donors (Lipinski definition) is 1. The maximum atomic E-state index is 12.1. The van der Waals surface area contributed by atoms with Gasteiger partial charge >= 0.3 is 5.97 Å². The van der Waals surface area contributed by atoms with Crippen molar-refractivity contribution in [3.63, 3.8) is 0 Å². The summed E-state index contributed by atoms with van der Waals surface area (Å²) in [7, 11) is 0. The molecule has 0 bridgehead atoms. The van der Waals surface area contributed by atoms with E-state index in [0.29, 0.717) is 24.7 Å². The number of halogens is 1. The zero-order valence-electron chi connectivity index (χ0n) is 15.5. The first kappa shape index (κ1) is 19.8. The Kier molecular flexibility index (Phi) is 6.26. The zero-order valence-corrected chi connectivity index (χ0v) is 16.3. The van der Waals surface area contributed by atoms with Crippen molar-refractivity contribution in [3.8, 4) is 17.2 Å². The van der Waals surface area contributed by atoms with Gasteiger partial charge in [0.05, 0.1) is 17.1 Å². The van der Waals surface area contributed by atoms with Gasteiger partial charge in [0.15, 0.2) is 18.1 Å². The molecule has 3 rings (SSSR count). The molecule has 0 unspecified atom stereocenters. The first-order valence-electron chi connectivity index (χ1n) is 8.67. The van der Waals surface area contributed by atoms with Gasteiger partial charge in [0.1, 0.15) is 12.4 Å². The second kappa shape index (κ2) is 8.84. The number of amides is 1. The highest BCUT2D eigenvalue weighted by Gasteiger charge is 2.21. The fraction of sp³-hybridized carbons (Fsp3) is 0.300. The predicted octanol–water partition coefficient (Wildman–Crippen LogP) is 3.04. The van der Waals surface area contributed by atoms with Crippen molar-refractivity contribution in [2.24, 2.45) is 0 Å². The Morgan fingerprint density at radius 1 is 1.18 bits per heavy atom. The molecular weight excluding hydrogens is 386 g/mol. The summed E-state index contributed by atoms with van der Waals surface area (Å²) in [5.41, 5.74) is 2.37. The number of esters is 1. The number of hydrogen-bond acceptors (Lipinski definition) is 6. The minimum atomic E-state index is -0.679. The molecule has 0 fully saturated rings. The molecule has 0 atom stereocenters. The molecule has 0 aliphatic carbocycles. The zero-order chi connectivity index (χ0) is 20.1. The van der Waals surface area contributed by atoms with Gasteiger partial charge in [-0.25, -0.2) is 4.79 Å². The largest absolute Gasteiger partial charge is 0.491 e. The molecule has 0 saturated heterocycles. The van der Waals surface area contributed by atoms with Crippen LogP contribution in [0.5, 0.6) is 17.2 Å². The molecule has 0 radical (unpaired) electrons. The Morgan fingerprint density at radius 3 is 2.79 bits per heavy atom. The summed E-state index contributed by atoms with van der Waals surface area (Å²) in [6.45, 7) is 4.20. The maximum absolute atomic E-state index is 12.1. The van der Waals surface area contributed by atoms with E-state index in [2.05, 4.69) is 5.32 Å². The number of carbonyl (C=O) groups is 2. The number of ether oxygens (including phenoxy) is 4. The smallest absolute Gasteiger partial charge is 0.338 e. The molecule has 2 aromatic rings. The molecule has 8 heteroatoms. The third-order valence-electron chi connectivity index (χ3n) is 4.01. The second-order valence-corrected chi connectivity index (χ2v) is 6.64. The molecule has 148 valence electrons. The Balaban J connectivity index is 1.41. The molecule has 0 spiro atoms. The molecule has 1 amide bonds. The van der Waals surface area contributed by atoms with Crippen molar-refractivity contribution in [2.75, 3.05) is 26.6 Å². The third-order valence-corrected chi connectivity index (χ3v) is 4.29. The van der Waals surface area contributed by atoms with Crippen LogP contribution in [0, 0.1) is 13.8 Å². The van der Waals surface area contributed by atoms with E-state index in [1.54, 1.807) is 0 Å². The van der Waals surface area contributed by atoms with Crippen molar-refractivity contribution >= 4 is 23.5 Å². The summed E-state index contributed by atoms with van der Waals surface area (Å²) in [6.07, 6.45) is 0. The average Bonchev–Trinajstić information content (AvgIpc) is 3.14. The molecule has 0 aromatic heterocycles. The van der Waals surface area contributed by atoms with Gasteiger partial charge in [-0.15, -0.1) is 0 Å². The van der Waals surface area contributed by atoms with Crippen LogP contribution in [0.15, 0.2) is 30.3 Å². The Hall–Kier alpha value is -2.93. The van der Waals surface area contributed by atoms with Gasteiger partial charge in [0, 0.05) is 0 Å². The lowest BCUT2D eigenvalue weighted by Crippen LogP contribution is -2.32. The van der Waals surface area contributed by atoms with Gasteiger partial charge in [-0.3, -0.25) is 4.79 Å². The van der Waals surface area contributed by atoms with Crippen LogP contribution in [0.2, 0.25) is 5.02 Å². The summed E-state index contributed by atoms with van der Waals surface area (Å²) in [4.78, 5) is 23.9. The Bertz CT molecular complexity index is 899. The van der Waals surface area contributed by atoms with E-state index in [1.165, 1.54) is 12.1 Å². The molecule has 28 heavy (non-hydrogen) atoms. The van der Waals surface area contributed by atoms with Crippen molar-refractivity contribution < 1.29 is 28.5 Å². The van der Waals surface area contributed by atoms with Crippen LogP contribution >= 0.6 is 11.6 Å². The topological polar surface area (TPSA) is 83.1 Å². The van der Waals surface area contributed by atoms with Crippen LogP contribution in [0.1, 0.15) is 21.5 Å². The fourth-order valence-corrected chi connectivity index (χ4v) is 2.93. The molecule has 1 aliphatic heterocycles. The monoisotopic (exact) mass is 405 g/mol. The number of fused-ring (bicyclic) bond motifs is 1. The van der Waals surface area contributed by atoms with Crippen molar-refractivity contribution in [1.29, 1.82) is 0 Å². The molecule has 1 N–H and O–H groups in total. The van der Waals surface area contributed by atoms with Crippen LogP contribution in [-0.2, 0) is 9.53 Å². The normalized spacial score (nSPS) is 11.8. The number of carbonyl (C=O) groups excluding carboxylic acids is 2. The van der Waals surface area contributed by atoms with E-state index in [-0.39, 0.29) is 17.4 Å². The first-order chi connectivity index (χ1) is 13.4. The summed E-state index contributed by atoms with van der Waals surface area (Å²) in [6, 6.07) is 8.75.